The van der Waals surface area contributed by atoms with Crippen LogP contribution in [0.1, 0.15) is 18.7 Å². The molecule has 0 amide bonds. The van der Waals surface area contributed by atoms with Gasteiger partial charge >= 0.3 is 0 Å². The number of rotatable bonds is 2. The van der Waals surface area contributed by atoms with Gasteiger partial charge in [0.05, 0.1) is 0 Å². The van der Waals surface area contributed by atoms with Gasteiger partial charge in [-0.1, -0.05) is 12.2 Å². The Labute approximate surface area is 76.5 Å². The number of hydrogen-bond acceptors (Lipinski definition) is 3. The minimum Gasteiger partial charge on any atom is -0.251 e. The summed E-state index contributed by atoms with van der Waals surface area (Å²) in [4.78, 5) is 3.85. The Hall–Kier alpha value is -1.63. The van der Waals surface area contributed by atoms with Crippen molar-refractivity contribution in [3.8, 4) is 6.07 Å². The molecule has 4 heteroatoms. The number of aromatic nitrogens is 3. The molecule has 0 saturated heterocycles. The Bertz CT molecular complexity index is 350. The van der Waals surface area contributed by atoms with E-state index in [-0.39, 0.29) is 5.82 Å². The van der Waals surface area contributed by atoms with Gasteiger partial charge in [0, 0.05) is 6.54 Å². The van der Waals surface area contributed by atoms with Crippen molar-refractivity contribution >= 4 is 0 Å². The second-order valence-corrected chi connectivity index (χ2v) is 3.21. The van der Waals surface area contributed by atoms with Crippen LogP contribution < -0.4 is 0 Å². The van der Waals surface area contributed by atoms with Crippen molar-refractivity contribution in [2.24, 2.45) is 5.92 Å². The number of nitriles is 1. The van der Waals surface area contributed by atoms with Crippen LogP contribution in [0.3, 0.4) is 0 Å². The van der Waals surface area contributed by atoms with Gasteiger partial charge in [-0.15, -0.1) is 5.10 Å². The number of allylic oxidation sites excluding steroid dienone is 2. The van der Waals surface area contributed by atoms with Gasteiger partial charge in [-0.25, -0.2) is 4.98 Å². The lowest BCUT2D eigenvalue weighted by atomic mass is 10.1. The van der Waals surface area contributed by atoms with E-state index in [0.29, 0.717) is 5.92 Å². The Kier molecular flexibility index (Phi) is 2.09. The average Bonchev–Trinajstić information content (AvgIpc) is 2.76. The Morgan fingerprint density at radius 3 is 2.92 bits per heavy atom. The molecule has 1 aromatic heterocycles. The van der Waals surface area contributed by atoms with Crippen LogP contribution >= 0.6 is 0 Å². The highest BCUT2D eigenvalue weighted by atomic mass is 15.3. The molecule has 1 aliphatic carbocycles. The van der Waals surface area contributed by atoms with Crippen LogP contribution in [0.2, 0.25) is 0 Å². The third-order valence-corrected chi connectivity index (χ3v) is 2.19. The van der Waals surface area contributed by atoms with Gasteiger partial charge < -0.3 is 0 Å². The van der Waals surface area contributed by atoms with Crippen LogP contribution in [0.4, 0.5) is 0 Å². The van der Waals surface area contributed by atoms with Crippen molar-refractivity contribution in [3.05, 3.63) is 24.3 Å². The van der Waals surface area contributed by atoms with E-state index in [1.165, 1.54) is 0 Å². The fraction of sp³-hybridized carbons (Fsp3) is 0.444. The average molecular weight is 174 g/mol. The maximum absolute atomic E-state index is 8.51. The van der Waals surface area contributed by atoms with Crippen molar-refractivity contribution in [3.63, 3.8) is 0 Å². The highest BCUT2D eigenvalue weighted by Gasteiger charge is 2.11. The molecular weight excluding hydrogens is 164 g/mol. The predicted molar refractivity (Wildman–Crippen MR) is 46.6 cm³/mol. The summed E-state index contributed by atoms with van der Waals surface area (Å²) in [6, 6.07) is 1.91. The topological polar surface area (TPSA) is 54.5 Å². The minimum atomic E-state index is 0.256. The molecule has 2 rings (SSSR count). The largest absolute Gasteiger partial charge is 0.252 e. The van der Waals surface area contributed by atoms with Crippen LogP contribution in [-0.2, 0) is 6.54 Å². The first-order valence-corrected chi connectivity index (χ1v) is 4.33. The summed E-state index contributed by atoms with van der Waals surface area (Å²) in [6.45, 7) is 0.863. The molecule has 1 heterocycles. The van der Waals surface area contributed by atoms with E-state index in [4.69, 9.17) is 5.26 Å². The zero-order chi connectivity index (χ0) is 9.10. The van der Waals surface area contributed by atoms with Crippen molar-refractivity contribution in [1.82, 2.24) is 14.8 Å². The molecule has 0 atom stereocenters. The van der Waals surface area contributed by atoms with Gasteiger partial charge in [0.25, 0.3) is 5.82 Å². The van der Waals surface area contributed by atoms with E-state index in [1.807, 2.05) is 6.07 Å². The van der Waals surface area contributed by atoms with Crippen LogP contribution in [0, 0.1) is 17.2 Å². The van der Waals surface area contributed by atoms with Crippen LogP contribution in [0.15, 0.2) is 18.5 Å². The van der Waals surface area contributed by atoms with Crippen LogP contribution in [0.5, 0.6) is 0 Å². The molecule has 4 nitrogen and oxygen atoms in total. The normalized spacial score (nSPS) is 16.2. The monoisotopic (exact) mass is 174 g/mol. The third-order valence-electron chi connectivity index (χ3n) is 2.19. The molecule has 0 fully saturated rings. The van der Waals surface area contributed by atoms with Gasteiger partial charge in [-0.2, -0.15) is 5.26 Å². The smallest absolute Gasteiger partial charge is 0.251 e. The minimum absolute atomic E-state index is 0.256. The van der Waals surface area contributed by atoms with Gasteiger partial charge in [0.2, 0.25) is 0 Å². The zero-order valence-electron chi connectivity index (χ0n) is 7.22. The highest BCUT2D eigenvalue weighted by Crippen LogP contribution is 2.18. The molecule has 1 aromatic rings. The second-order valence-electron chi connectivity index (χ2n) is 3.21. The Morgan fingerprint density at radius 2 is 2.31 bits per heavy atom. The maximum Gasteiger partial charge on any atom is 0.252 e. The van der Waals surface area contributed by atoms with Crippen molar-refractivity contribution in [2.45, 2.75) is 19.4 Å². The molecule has 66 valence electrons. The molecule has 1 aliphatic rings. The molecule has 0 N–H and O–H groups in total. The summed E-state index contributed by atoms with van der Waals surface area (Å²) in [7, 11) is 0. The molecule has 0 unspecified atom stereocenters. The van der Waals surface area contributed by atoms with E-state index in [9.17, 15) is 0 Å². The van der Waals surface area contributed by atoms with E-state index in [0.717, 1.165) is 19.4 Å². The summed E-state index contributed by atoms with van der Waals surface area (Å²) in [5, 5.41) is 12.5. The summed E-state index contributed by atoms with van der Waals surface area (Å²) < 4.78 is 1.75. The molecule has 0 radical (unpaired) electrons. The van der Waals surface area contributed by atoms with Crippen molar-refractivity contribution in [2.75, 3.05) is 0 Å². The highest BCUT2D eigenvalue weighted by molar-refractivity contribution is 5.05. The lowest BCUT2D eigenvalue weighted by molar-refractivity contribution is 0.439. The first-order chi connectivity index (χ1) is 6.38. The van der Waals surface area contributed by atoms with Crippen molar-refractivity contribution < 1.29 is 0 Å². The van der Waals surface area contributed by atoms with Gasteiger partial charge in [-0.3, -0.25) is 4.68 Å². The number of nitrogens with zero attached hydrogens (tertiary/aromatic N) is 4. The standard InChI is InChI=1S/C9H10N4/c10-5-9-11-7-13(12-9)6-8-3-1-2-4-8/h1-2,7-8H,3-4,6H2. The van der Waals surface area contributed by atoms with E-state index in [2.05, 4.69) is 22.2 Å². The lowest BCUT2D eigenvalue weighted by Gasteiger charge is -2.06. The van der Waals surface area contributed by atoms with E-state index >= 15 is 0 Å². The first kappa shape index (κ1) is 7.99. The fourth-order valence-electron chi connectivity index (χ4n) is 1.52. The molecule has 0 aliphatic heterocycles. The van der Waals surface area contributed by atoms with E-state index in [1.54, 1.807) is 11.0 Å². The van der Waals surface area contributed by atoms with Gasteiger partial charge in [-0.05, 0) is 18.8 Å². The van der Waals surface area contributed by atoms with E-state index < -0.39 is 0 Å². The summed E-state index contributed by atoms with van der Waals surface area (Å²) in [5.74, 6) is 0.888. The Morgan fingerprint density at radius 1 is 1.54 bits per heavy atom. The van der Waals surface area contributed by atoms with Crippen LogP contribution in [0.25, 0.3) is 0 Å². The van der Waals surface area contributed by atoms with Crippen molar-refractivity contribution in [1.29, 1.82) is 5.26 Å². The third kappa shape index (κ3) is 1.75. The molecule has 0 spiro atoms. The maximum atomic E-state index is 8.51. The van der Waals surface area contributed by atoms with Gasteiger partial charge in [0.1, 0.15) is 12.4 Å². The molecule has 13 heavy (non-hydrogen) atoms. The SMILES string of the molecule is N#Cc1ncn(CC2CC=CC2)n1. The first-order valence-electron chi connectivity index (χ1n) is 4.33. The zero-order valence-corrected chi connectivity index (χ0v) is 7.22. The quantitative estimate of drug-likeness (QED) is 0.631. The summed E-state index contributed by atoms with van der Waals surface area (Å²) in [6.07, 6.45) is 8.22. The molecule has 0 aromatic carbocycles. The van der Waals surface area contributed by atoms with Gasteiger partial charge in [0.15, 0.2) is 0 Å². The Balaban J connectivity index is 1.98. The lowest BCUT2D eigenvalue weighted by Crippen LogP contribution is -2.08. The summed E-state index contributed by atoms with van der Waals surface area (Å²) >= 11 is 0. The predicted octanol–water partition coefficient (Wildman–Crippen LogP) is 1.12. The summed E-state index contributed by atoms with van der Waals surface area (Å²) in [5.41, 5.74) is 0. The molecule has 0 bridgehead atoms. The molecular formula is C9H10N4. The number of hydrogen-bond donors (Lipinski definition) is 0. The second kappa shape index (κ2) is 3.40. The molecule has 0 saturated carbocycles. The fourth-order valence-corrected chi connectivity index (χ4v) is 1.52. The van der Waals surface area contributed by atoms with Crippen LogP contribution in [-0.4, -0.2) is 14.8 Å².